The van der Waals surface area contributed by atoms with E-state index < -0.39 is 12.1 Å². The van der Waals surface area contributed by atoms with Crippen molar-refractivity contribution in [2.75, 3.05) is 26.2 Å². The number of aliphatic hydroxyl groups excluding tert-OH is 2. The second-order valence-corrected chi connectivity index (χ2v) is 3.75. The number of nitrogens with zero attached hydrogens (tertiary/aromatic N) is 1. The maximum absolute atomic E-state index is 10.6. The maximum atomic E-state index is 10.6. The zero-order valence-corrected chi connectivity index (χ0v) is 8.09. The second kappa shape index (κ2) is 5.29. The van der Waals surface area contributed by atoms with Gasteiger partial charge < -0.3 is 20.2 Å². The van der Waals surface area contributed by atoms with Crippen molar-refractivity contribution in [3.8, 4) is 0 Å². The number of likely N-dealkylation sites (tertiary alicyclic amines) is 1. The van der Waals surface area contributed by atoms with Crippen LogP contribution >= 0.6 is 0 Å². The predicted octanol–water partition coefficient (Wildman–Crippen LogP) is -0.864. The van der Waals surface area contributed by atoms with Gasteiger partial charge in [0.05, 0.1) is 18.6 Å². The zero-order chi connectivity index (χ0) is 10.6. The highest BCUT2D eigenvalue weighted by molar-refractivity contribution is 5.70. The normalized spacial score (nSPS) is 22.1. The topological polar surface area (TPSA) is 81.0 Å². The fourth-order valence-electron chi connectivity index (χ4n) is 1.72. The van der Waals surface area contributed by atoms with Crippen LogP contribution in [-0.2, 0) is 4.79 Å². The van der Waals surface area contributed by atoms with E-state index >= 15 is 0 Å². The van der Waals surface area contributed by atoms with Gasteiger partial charge in [-0.2, -0.15) is 0 Å². The van der Waals surface area contributed by atoms with Crippen LogP contribution in [-0.4, -0.2) is 58.5 Å². The number of aliphatic hydroxyl groups is 2. The summed E-state index contributed by atoms with van der Waals surface area (Å²) in [4.78, 5) is 12.6. The smallest absolute Gasteiger partial charge is 0.306 e. The van der Waals surface area contributed by atoms with Crippen LogP contribution in [0.3, 0.4) is 0 Å². The Kier molecular flexibility index (Phi) is 4.31. The number of hydrogen-bond donors (Lipinski definition) is 3. The van der Waals surface area contributed by atoms with E-state index in [2.05, 4.69) is 0 Å². The quantitative estimate of drug-likeness (QED) is 0.553. The van der Waals surface area contributed by atoms with E-state index in [0.29, 0.717) is 32.5 Å². The zero-order valence-electron chi connectivity index (χ0n) is 8.09. The minimum atomic E-state index is -0.729. The molecule has 0 bridgehead atoms. The molecule has 3 N–H and O–H groups in total. The molecule has 0 aromatic rings. The van der Waals surface area contributed by atoms with Crippen molar-refractivity contribution in [2.45, 2.75) is 18.9 Å². The summed E-state index contributed by atoms with van der Waals surface area (Å²) in [5.74, 6) is -0.968. The van der Waals surface area contributed by atoms with Gasteiger partial charge in [-0.15, -0.1) is 0 Å². The van der Waals surface area contributed by atoms with Crippen molar-refractivity contribution >= 4 is 5.97 Å². The summed E-state index contributed by atoms with van der Waals surface area (Å²) in [6.45, 7) is 1.57. The molecule has 1 atom stereocenters. The van der Waals surface area contributed by atoms with Gasteiger partial charge in [0.25, 0.3) is 0 Å². The lowest BCUT2D eigenvalue weighted by atomic mass is 9.97. The number of carboxylic acids is 1. The van der Waals surface area contributed by atoms with E-state index in [1.54, 1.807) is 0 Å². The molecular formula is C9H17NO4. The summed E-state index contributed by atoms with van der Waals surface area (Å²) >= 11 is 0. The van der Waals surface area contributed by atoms with Crippen LogP contribution in [0.15, 0.2) is 0 Å². The fraction of sp³-hybridized carbons (Fsp3) is 0.889. The molecule has 1 unspecified atom stereocenters. The minimum absolute atomic E-state index is 0.237. The Labute approximate surface area is 83.0 Å². The van der Waals surface area contributed by atoms with Crippen LogP contribution in [0.4, 0.5) is 0 Å². The fourth-order valence-corrected chi connectivity index (χ4v) is 1.72. The Balaban J connectivity index is 2.25. The molecule has 0 spiro atoms. The number of aliphatic carboxylic acids is 1. The lowest BCUT2D eigenvalue weighted by molar-refractivity contribution is -0.143. The number of piperidine rings is 1. The van der Waals surface area contributed by atoms with E-state index in [1.807, 2.05) is 4.90 Å². The molecular weight excluding hydrogens is 186 g/mol. The summed E-state index contributed by atoms with van der Waals surface area (Å²) in [7, 11) is 0. The Bertz CT molecular complexity index is 189. The molecule has 1 heterocycles. The minimum Gasteiger partial charge on any atom is -0.481 e. The maximum Gasteiger partial charge on any atom is 0.306 e. The van der Waals surface area contributed by atoms with Crippen LogP contribution in [0.2, 0.25) is 0 Å². The molecule has 1 aliphatic heterocycles. The SMILES string of the molecule is O=C(O)C1CCN(CC(O)CO)CC1. The molecule has 0 radical (unpaired) electrons. The monoisotopic (exact) mass is 203 g/mol. The van der Waals surface area contributed by atoms with Gasteiger partial charge in [0.2, 0.25) is 0 Å². The predicted molar refractivity (Wildman–Crippen MR) is 49.9 cm³/mol. The van der Waals surface area contributed by atoms with Crippen molar-refractivity contribution in [3.05, 3.63) is 0 Å². The van der Waals surface area contributed by atoms with E-state index in [9.17, 15) is 9.90 Å². The van der Waals surface area contributed by atoms with Gasteiger partial charge in [-0.3, -0.25) is 4.79 Å². The van der Waals surface area contributed by atoms with Crippen LogP contribution in [0.25, 0.3) is 0 Å². The molecule has 0 saturated carbocycles. The average Bonchev–Trinajstić information content (AvgIpc) is 2.18. The molecule has 0 aromatic carbocycles. The van der Waals surface area contributed by atoms with Crippen LogP contribution in [0.1, 0.15) is 12.8 Å². The third-order valence-electron chi connectivity index (χ3n) is 2.62. The van der Waals surface area contributed by atoms with Crippen molar-refractivity contribution in [2.24, 2.45) is 5.92 Å². The summed E-state index contributed by atoms with van der Waals surface area (Å²) in [5.41, 5.74) is 0. The number of hydrogen-bond acceptors (Lipinski definition) is 4. The summed E-state index contributed by atoms with van der Waals surface area (Å²) in [6, 6.07) is 0. The summed E-state index contributed by atoms with van der Waals surface area (Å²) in [5, 5.41) is 26.6. The van der Waals surface area contributed by atoms with E-state index in [1.165, 1.54) is 0 Å². The number of carbonyl (C=O) groups is 1. The van der Waals surface area contributed by atoms with E-state index in [4.69, 9.17) is 10.2 Å². The lowest BCUT2D eigenvalue weighted by Gasteiger charge is -2.30. The third-order valence-corrected chi connectivity index (χ3v) is 2.62. The van der Waals surface area contributed by atoms with Crippen LogP contribution in [0.5, 0.6) is 0 Å². The first-order chi connectivity index (χ1) is 6.63. The molecule has 5 heteroatoms. The lowest BCUT2D eigenvalue weighted by Crippen LogP contribution is -2.41. The molecule has 0 amide bonds. The number of carboxylic acid groups (broad SMARTS) is 1. The molecule has 1 rings (SSSR count). The van der Waals surface area contributed by atoms with Gasteiger partial charge in [-0.25, -0.2) is 0 Å². The molecule has 82 valence electrons. The Hall–Kier alpha value is -0.650. The second-order valence-electron chi connectivity index (χ2n) is 3.75. The third kappa shape index (κ3) is 3.25. The average molecular weight is 203 g/mol. The Morgan fingerprint density at radius 2 is 2.00 bits per heavy atom. The van der Waals surface area contributed by atoms with Gasteiger partial charge in [0.15, 0.2) is 0 Å². The first-order valence-electron chi connectivity index (χ1n) is 4.87. The molecule has 1 fully saturated rings. The highest BCUT2D eigenvalue weighted by Crippen LogP contribution is 2.17. The Morgan fingerprint density at radius 1 is 1.43 bits per heavy atom. The molecule has 0 aliphatic carbocycles. The van der Waals surface area contributed by atoms with E-state index in [-0.39, 0.29) is 12.5 Å². The van der Waals surface area contributed by atoms with Crippen molar-refractivity contribution in [3.63, 3.8) is 0 Å². The van der Waals surface area contributed by atoms with Gasteiger partial charge in [0.1, 0.15) is 0 Å². The van der Waals surface area contributed by atoms with Crippen LogP contribution < -0.4 is 0 Å². The molecule has 5 nitrogen and oxygen atoms in total. The van der Waals surface area contributed by atoms with Crippen molar-refractivity contribution in [1.82, 2.24) is 4.90 Å². The highest BCUT2D eigenvalue weighted by atomic mass is 16.4. The van der Waals surface area contributed by atoms with E-state index in [0.717, 1.165) is 0 Å². The molecule has 0 aromatic heterocycles. The van der Waals surface area contributed by atoms with Gasteiger partial charge in [-0.05, 0) is 25.9 Å². The number of β-amino-alcohol motifs (C(OH)–C–C–N with tert-alkyl or cyclic N) is 1. The van der Waals surface area contributed by atoms with Crippen molar-refractivity contribution in [1.29, 1.82) is 0 Å². The summed E-state index contributed by atoms with van der Waals surface area (Å²) < 4.78 is 0. The van der Waals surface area contributed by atoms with Crippen molar-refractivity contribution < 1.29 is 20.1 Å². The number of rotatable bonds is 4. The molecule has 1 aliphatic rings. The first kappa shape index (κ1) is 11.4. The van der Waals surface area contributed by atoms with Crippen LogP contribution in [0, 0.1) is 5.92 Å². The first-order valence-corrected chi connectivity index (χ1v) is 4.87. The van der Waals surface area contributed by atoms with Gasteiger partial charge in [0, 0.05) is 6.54 Å². The summed E-state index contributed by atoms with van der Waals surface area (Å²) in [6.07, 6.45) is 0.553. The largest absolute Gasteiger partial charge is 0.481 e. The molecule has 1 saturated heterocycles. The Morgan fingerprint density at radius 3 is 2.43 bits per heavy atom. The molecule has 14 heavy (non-hydrogen) atoms. The standard InChI is InChI=1S/C9H17NO4/c11-6-8(12)5-10-3-1-7(2-4-10)9(13)14/h7-8,11-12H,1-6H2,(H,13,14). The van der Waals surface area contributed by atoms with Gasteiger partial charge in [-0.1, -0.05) is 0 Å². The van der Waals surface area contributed by atoms with Gasteiger partial charge >= 0.3 is 5.97 Å². The highest BCUT2D eigenvalue weighted by Gasteiger charge is 2.25.